The lowest BCUT2D eigenvalue weighted by Crippen LogP contribution is -2.21. The van der Waals surface area contributed by atoms with Crippen LogP contribution in [-0.4, -0.2) is 28.5 Å². The number of anilines is 1. The lowest BCUT2D eigenvalue weighted by atomic mass is 10.1. The molecule has 0 radical (unpaired) electrons. The van der Waals surface area contributed by atoms with Crippen LogP contribution in [0, 0.1) is 17.5 Å². The van der Waals surface area contributed by atoms with Crippen LogP contribution in [0.4, 0.5) is 18.3 Å². The molecule has 3 aromatic heterocycles. The summed E-state index contributed by atoms with van der Waals surface area (Å²) in [4.78, 5) is 33.3. The van der Waals surface area contributed by atoms with E-state index >= 15 is 0 Å². The van der Waals surface area contributed by atoms with Gasteiger partial charge < -0.3 is 9.15 Å². The van der Waals surface area contributed by atoms with Crippen LogP contribution < -0.4 is 5.32 Å². The summed E-state index contributed by atoms with van der Waals surface area (Å²) in [6, 6.07) is 12.6. The zero-order valence-corrected chi connectivity index (χ0v) is 17.8. The molecule has 0 unspecified atom stereocenters. The van der Waals surface area contributed by atoms with Gasteiger partial charge in [0.1, 0.15) is 11.2 Å². The zero-order valence-electron chi connectivity index (χ0n) is 17.0. The highest BCUT2D eigenvalue weighted by Gasteiger charge is 2.20. The predicted octanol–water partition coefficient (Wildman–Crippen LogP) is 5.32. The Kier molecular flexibility index (Phi) is 5.46. The molecule has 0 aliphatic heterocycles. The number of para-hydroxylation sites is 1. The molecule has 0 saturated heterocycles. The maximum Gasteiger partial charge on any atom is 0.339 e. The zero-order chi connectivity index (χ0) is 23.8. The second-order valence-corrected chi connectivity index (χ2v) is 8.06. The van der Waals surface area contributed by atoms with E-state index in [2.05, 4.69) is 15.3 Å². The van der Waals surface area contributed by atoms with Crippen LogP contribution >= 0.6 is 11.3 Å². The maximum absolute atomic E-state index is 13.8. The molecule has 34 heavy (non-hydrogen) atoms. The summed E-state index contributed by atoms with van der Waals surface area (Å²) < 4.78 is 51.2. The van der Waals surface area contributed by atoms with Crippen molar-refractivity contribution in [3.05, 3.63) is 77.8 Å². The Labute approximate surface area is 192 Å². The third kappa shape index (κ3) is 3.97. The number of ether oxygens (including phenoxy) is 1. The van der Waals surface area contributed by atoms with Gasteiger partial charge in [0.15, 0.2) is 35.0 Å². The topological polar surface area (TPSA) is 94.3 Å². The molecular formula is C23H12F3N3O4S. The van der Waals surface area contributed by atoms with Crippen molar-refractivity contribution in [1.29, 1.82) is 0 Å². The van der Waals surface area contributed by atoms with Gasteiger partial charge in [0, 0.05) is 5.39 Å². The highest BCUT2D eigenvalue weighted by Crippen LogP contribution is 2.30. The average molecular weight is 483 g/mol. The number of pyridine rings is 1. The molecule has 2 aromatic carbocycles. The van der Waals surface area contributed by atoms with Crippen LogP contribution in [0.1, 0.15) is 10.4 Å². The molecule has 1 N–H and O–H groups in total. The van der Waals surface area contributed by atoms with Crippen molar-refractivity contribution in [2.75, 3.05) is 11.9 Å². The summed E-state index contributed by atoms with van der Waals surface area (Å²) in [5.41, 5.74) is 0.711. The lowest BCUT2D eigenvalue weighted by Gasteiger charge is -2.09. The molecule has 3 heterocycles. The molecule has 11 heteroatoms. The standard InChI is InChI=1S/C23H12F3N3O4S/c24-13-9-17-21(20(26)19(13)25)29-23(34-17)28-18(30)10-33-22(31)12-8-15(16-6-3-7-32-16)27-14-5-2-1-4-11(12)14/h1-9H,10H2,(H,28,29,30). The van der Waals surface area contributed by atoms with Crippen LogP contribution in [0.15, 0.2) is 59.2 Å². The second-order valence-electron chi connectivity index (χ2n) is 7.03. The smallest absolute Gasteiger partial charge is 0.339 e. The Morgan fingerprint density at radius 3 is 2.65 bits per heavy atom. The molecule has 0 bridgehead atoms. The molecular weight excluding hydrogens is 471 g/mol. The van der Waals surface area contributed by atoms with Gasteiger partial charge in [-0.05, 0) is 30.3 Å². The highest BCUT2D eigenvalue weighted by molar-refractivity contribution is 7.22. The summed E-state index contributed by atoms with van der Waals surface area (Å²) in [6.45, 7) is -0.674. The van der Waals surface area contributed by atoms with Gasteiger partial charge in [-0.15, -0.1) is 0 Å². The monoisotopic (exact) mass is 483 g/mol. The van der Waals surface area contributed by atoms with Crippen molar-refractivity contribution in [2.24, 2.45) is 0 Å². The van der Waals surface area contributed by atoms with Gasteiger partial charge in [-0.2, -0.15) is 0 Å². The number of aromatic nitrogens is 2. The number of nitrogens with zero attached hydrogens (tertiary/aromatic N) is 2. The summed E-state index contributed by atoms with van der Waals surface area (Å²) in [5.74, 6) is -5.55. The Hall–Kier alpha value is -4.25. The predicted molar refractivity (Wildman–Crippen MR) is 118 cm³/mol. The first-order valence-electron chi connectivity index (χ1n) is 9.75. The fraction of sp³-hybridized carbons (Fsp3) is 0.0435. The maximum atomic E-state index is 13.8. The number of nitrogens with one attached hydrogen (secondary N) is 1. The minimum absolute atomic E-state index is 0.0115. The van der Waals surface area contributed by atoms with E-state index in [0.717, 1.165) is 17.4 Å². The minimum Gasteiger partial charge on any atom is -0.463 e. The minimum atomic E-state index is -1.65. The molecule has 0 atom stereocenters. The quantitative estimate of drug-likeness (QED) is 0.269. The highest BCUT2D eigenvalue weighted by atomic mass is 32.1. The lowest BCUT2D eigenvalue weighted by molar-refractivity contribution is -0.119. The average Bonchev–Trinajstić information content (AvgIpc) is 3.51. The van der Waals surface area contributed by atoms with E-state index in [9.17, 15) is 22.8 Å². The fourth-order valence-electron chi connectivity index (χ4n) is 3.29. The molecule has 0 aliphatic rings. The van der Waals surface area contributed by atoms with Crippen LogP contribution in [0.2, 0.25) is 0 Å². The molecule has 0 saturated carbocycles. The van der Waals surface area contributed by atoms with E-state index in [1.54, 1.807) is 36.4 Å². The van der Waals surface area contributed by atoms with Gasteiger partial charge in [-0.3, -0.25) is 10.1 Å². The fourth-order valence-corrected chi connectivity index (χ4v) is 4.19. The Balaban J connectivity index is 1.34. The molecule has 0 fully saturated rings. The van der Waals surface area contributed by atoms with Crippen LogP contribution in [-0.2, 0) is 9.53 Å². The van der Waals surface area contributed by atoms with Crippen molar-refractivity contribution in [1.82, 2.24) is 9.97 Å². The number of carbonyl (C=O) groups excluding carboxylic acids is 2. The third-order valence-electron chi connectivity index (χ3n) is 4.81. The third-order valence-corrected chi connectivity index (χ3v) is 5.73. The number of carbonyl (C=O) groups is 2. The van der Waals surface area contributed by atoms with Crippen LogP contribution in [0.5, 0.6) is 0 Å². The van der Waals surface area contributed by atoms with Gasteiger partial charge in [0.25, 0.3) is 5.91 Å². The molecule has 7 nitrogen and oxygen atoms in total. The van der Waals surface area contributed by atoms with E-state index in [1.807, 2.05) is 0 Å². The van der Waals surface area contributed by atoms with Crippen molar-refractivity contribution in [2.45, 2.75) is 0 Å². The number of furan rings is 1. The summed E-state index contributed by atoms with van der Waals surface area (Å²) >= 11 is 0.747. The number of rotatable bonds is 5. The Morgan fingerprint density at radius 2 is 1.85 bits per heavy atom. The molecule has 170 valence electrons. The SMILES string of the molecule is O=C(COC(=O)c1cc(-c2ccco2)nc2ccccc12)Nc1nc2c(F)c(F)c(F)cc2s1. The second kappa shape index (κ2) is 8.60. The van der Waals surface area contributed by atoms with E-state index in [-0.39, 0.29) is 15.4 Å². The number of thiazole rings is 1. The van der Waals surface area contributed by atoms with Crippen LogP contribution in [0.25, 0.3) is 32.6 Å². The van der Waals surface area contributed by atoms with Gasteiger partial charge in [0.2, 0.25) is 0 Å². The number of halogens is 3. The van der Waals surface area contributed by atoms with Gasteiger partial charge in [-0.1, -0.05) is 29.5 Å². The molecule has 0 aliphatic carbocycles. The normalized spacial score (nSPS) is 11.1. The molecule has 5 rings (SSSR count). The van der Waals surface area contributed by atoms with Crippen molar-refractivity contribution in [3.8, 4) is 11.5 Å². The van der Waals surface area contributed by atoms with Gasteiger partial charge in [0.05, 0.1) is 22.0 Å². The van der Waals surface area contributed by atoms with E-state index in [4.69, 9.17) is 9.15 Å². The number of fused-ring (bicyclic) bond motifs is 2. The van der Waals surface area contributed by atoms with Gasteiger partial charge in [-0.25, -0.2) is 27.9 Å². The number of benzene rings is 2. The first-order valence-corrected chi connectivity index (χ1v) is 10.6. The first-order chi connectivity index (χ1) is 16.4. The van der Waals surface area contributed by atoms with Crippen molar-refractivity contribution in [3.63, 3.8) is 0 Å². The summed E-state index contributed by atoms with van der Waals surface area (Å²) in [7, 11) is 0. The van der Waals surface area contributed by atoms with E-state index in [1.165, 1.54) is 12.3 Å². The largest absolute Gasteiger partial charge is 0.463 e. The van der Waals surface area contributed by atoms with Crippen molar-refractivity contribution >= 4 is 49.5 Å². The van der Waals surface area contributed by atoms with Crippen molar-refractivity contribution < 1.29 is 31.9 Å². The number of esters is 1. The van der Waals surface area contributed by atoms with Crippen LogP contribution in [0.3, 0.4) is 0 Å². The number of hydrogen-bond acceptors (Lipinski definition) is 7. The number of hydrogen-bond donors (Lipinski definition) is 1. The van der Waals surface area contributed by atoms with E-state index < -0.39 is 41.5 Å². The molecule has 0 spiro atoms. The summed E-state index contributed by atoms with van der Waals surface area (Å²) in [5, 5.41) is 2.75. The summed E-state index contributed by atoms with van der Waals surface area (Å²) in [6.07, 6.45) is 1.48. The molecule has 1 amide bonds. The Morgan fingerprint density at radius 1 is 1.03 bits per heavy atom. The van der Waals surface area contributed by atoms with Gasteiger partial charge >= 0.3 is 5.97 Å². The number of amides is 1. The Bertz CT molecular complexity index is 1570. The molecule has 5 aromatic rings. The van der Waals surface area contributed by atoms with E-state index in [0.29, 0.717) is 22.4 Å². The first kappa shape index (κ1) is 21.6.